The third-order valence-electron chi connectivity index (χ3n) is 5.08. The number of allylic oxidation sites excluding steroid dienone is 1. The fourth-order valence-electron chi connectivity index (χ4n) is 3.63. The van der Waals surface area contributed by atoms with Crippen molar-refractivity contribution in [2.75, 3.05) is 0 Å². The molecular formula is C23H15Cl2F3N2O3. The summed E-state index contributed by atoms with van der Waals surface area (Å²) in [5.41, 5.74) is -2.00. The van der Waals surface area contributed by atoms with Crippen LogP contribution in [0.5, 0.6) is 11.5 Å². The van der Waals surface area contributed by atoms with Gasteiger partial charge in [0.2, 0.25) is 0 Å². The minimum atomic E-state index is -4.79. The van der Waals surface area contributed by atoms with E-state index in [1.807, 2.05) is 0 Å². The molecule has 3 aromatic rings. The number of hydrogen-bond donors (Lipinski definition) is 2. The smallest absolute Gasteiger partial charge is 0.431 e. The monoisotopic (exact) mass is 494 g/mol. The lowest BCUT2D eigenvalue weighted by atomic mass is 9.94. The summed E-state index contributed by atoms with van der Waals surface area (Å²) < 4.78 is 45.8. The van der Waals surface area contributed by atoms with Crippen LogP contribution in [0.2, 0.25) is 10.0 Å². The molecule has 1 aromatic heterocycles. The molecule has 2 aromatic carbocycles. The molecule has 1 aliphatic rings. The number of fused-ring (bicyclic) bond motifs is 2. The lowest BCUT2D eigenvalue weighted by Crippen LogP contribution is -2.35. The number of carbonyl (C=O) groups excluding carboxylic acids is 1. The molecule has 170 valence electrons. The van der Waals surface area contributed by atoms with Crippen molar-refractivity contribution in [2.24, 2.45) is 0 Å². The second-order valence-corrected chi connectivity index (χ2v) is 8.15. The van der Waals surface area contributed by atoms with Gasteiger partial charge >= 0.3 is 6.18 Å². The van der Waals surface area contributed by atoms with Gasteiger partial charge < -0.3 is 15.0 Å². The Morgan fingerprint density at radius 3 is 2.18 bits per heavy atom. The molecule has 0 radical (unpaired) electrons. The summed E-state index contributed by atoms with van der Waals surface area (Å²) in [6.07, 6.45) is -3.72. The molecule has 1 amide bonds. The van der Waals surface area contributed by atoms with Gasteiger partial charge in [0.1, 0.15) is 22.8 Å². The summed E-state index contributed by atoms with van der Waals surface area (Å²) in [6.45, 7) is 3.44. The number of H-pyrrole nitrogens is 1. The van der Waals surface area contributed by atoms with Crippen LogP contribution in [0.4, 0.5) is 13.2 Å². The minimum Gasteiger partial charge on any atom is -0.456 e. The van der Waals surface area contributed by atoms with Gasteiger partial charge in [0, 0.05) is 21.2 Å². The zero-order valence-electron chi connectivity index (χ0n) is 16.7. The molecule has 2 heterocycles. The fraction of sp³-hybridized carbons (Fsp3) is 0.130. The van der Waals surface area contributed by atoms with Gasteiger partial charge in [-0.3, -0.25) is 9.59 Å². The van der Waals surface area contributed by atoms with Crippen LogP contribution in [-0.4, -0.2) is 10.9 Å². The second kappa shape index (κ2) is 8.61. The normalized spacial score (nSPS) is 13.0. The van der Waals surface area contributed by atoms with Crippen LogP contribution in [0.3, 0.4) is 0 Å². The van der Waals surface area contributed by atoms with E-state index in [9.17, 15) is 22.8 Å². The standard InChI is InChI=1S/C23H15Cl2F3N2O3/c1-2-3-11-8-16(22(32)30-20(11)23(26,27)28)21(31)29-19-14-6-4-12(24)9-17(14)33-18-10-13(25)5-7-15(18)19/h2,4-10,19H,1,3H2,(H,29,31)(H,30,32). The van der Waals surface area contributed by atoms with Gasteiger partial charge in [-0.25, -0.2) is 0 Å². The van der Waals surface area contributed by atoms with Gasteiger partial charge in [0.25, 0.3) is 11.5 Å². The van der Waals surface area contributed by atoms with Crippen molar-refractivity contribution in [1.82, 2.24) is 10.3 Å². The zero-order chi connectivity index (χ0) is 23.9. The molecule has 2 N–H and O–H groups in total. The van der Waals surface area contributed by atoms with Crippen molar-refractivity contribution >= 4 is 29.1 Å². The molecule has 1 aliphatic heterocycles. The first-order chi connectivity index (χ1) is 15.6. The van der Waals surface area contributed by atoms with Crippen LogP contribution in [0.1, 0.15) is 38.8 Å². The maximum absolute atomic E-state index is 13.3. The average molecular weight is 495 g/mol. The van der Waals surface area contributed by atoms with Gasteiger partial charge in [0.15, 0.2) is 0 Å². The third kappa shape index (κ3) is 4.49. The Morgan fingerprint density at radius 1 is 1.09 bits per heavy atom. The molecule has 0 saturated heterocycles. The van der Waals surface area contributed by atoms with E-state index in [0.29, 0.717) is 32.7 Å². The molecule has 0 spiro atoms. The third-order valence-corrected chi connectivity index (χ3v) is 5.55. The number of carbonyl (C=O) groups is 1. The lowest BCUT2D eigenvalue weighted by molar-refractivity contribution is -0.141. The largest absolute Gasteiger partial charge is 0.456 e. The van der Waals surface area contributed by atoms with Crippen LogP contribution in [0.25, 0.3) is 0 Å². The lowest BCUT2D eigenvalue weighted by Gasteiger charge is -2.29. The average Bonchev–Trinajstić information content (AvgIpc) is 2.73. The number of alkyl halides is 3. The maximum Gasteiger partial charge on any atom is 0.431 e. The van der Waals surface area contributed by atoms with Gasteiger partial charge in [-0.15, -0.1) is 6.58 Å². The Morgan fingerprint density at radius 2 is 1.67 bits per heavy atom. The van der Waals surface area contributed by atoms with E-state index in [1.54, 1.807) is 41.4 Å². The number of rotatable bonds is 4. The van der Waals surface area contributed by atoms with E-state index in [1.165, 1.54) is 6.08 Å². The van der Waals surface area contributed by atoms with Crippen LogP contribution >= 0.6 is 23.2 Å². The first-order valence-corrected chi connectivity index (χ1v) is 10.4. The van der Waals surface area contributed by atoms with Gasteiger partial charge in [-0.05, 0) is 42.3 Å². The van der Waals surface area contributed by atoms with E-state index in [-0.39, 0.29) is 12.0 Å². The van der Waals surface area contributed by atoms with Gasteiger partial charge in [-0.2, -0.15) is 13.2 Å². The van der Waals surface area contributed by atoms with E-state index >= 15 is 0 Å². The number of amides is 1. The quantitative estimate of drug-likeness (QED) is 0.433. The number of halogens is 5. The van der Waals surface area contributed by atoms with Gasteiger partial charge in [0.05, 0.1) is 6.04 Å². The number of ether oxygens (including phenoxy) is 1. The summed E-state index contributed by atoms with van der Waals surface area (Å²) >= 11 is 12.1. The Bertz CT molecular complexity index is 1280. The molecule has 0 bridgehead atoms. The summed E-state index contributed by atoms with van der Waals surface area (Å²) in [5.74, 6) is -0.114. The van der Waals surface area contributed by atoms with Crippen LogP contribution < -0.4 is 15.6 Å². The molecule has 0 fully saturated rings. The molecule has 4 rings (SSSR count). The molecule has 5 nitrogen and oxygen atoms in total. The van der Waals surface area contributed by atoms with Crippen molar-refractivity contribution in [2.45, 2.75) is 18.6 Å². The molecule has 33 heavy (non-hydrogen) atoms. The number of hydrogen-bond acceptors (Lipinski definition) is 3. The van der Waals surface area contributed by atoms with Gasteiger partial charge in [-0.1, -0.05) is 41.4 Å². The first kappa shape index (κ1) is 22.9. The number of nitrogens with one attached hydrogen (secondary N) is 2. The van der Waals surface area contributed by atoms with E-state index in [2.05, 4.69) is 11.9 Å². The van der Waals surface area contributed by atoms with E-state index < -0.39 is 34.9 Å². The van der Waals surface area contributed by atoms with Crippen molar-refractivity contribution in [1.29, 1.82) is 0 Å². The van der Waals surface area contributed by atoms with Crippen molar-refractivity contribution in [3.05, 3.63) is 103 Å². The molecule has 0 saturated carbocycles. The van der Waals surface area contributed by atoms with Crippen molar-refractivity contribution < 1.29 is 22.7 Å². The Balaban J connectivity index is 1.77. The highest BCUT2D eigenvalue weighted by atomic mass is 35.5. The predicted molar refractivity (Wildman–Crippen MR) is 118 cm³/mol. The first-order valence-electron chi connectivity index (χ1n) is 9.60. The second-order valence-electron chi connectivity index (χ2n) is 7.28. The molecule has 0 unspecified atom stereocenters. The highest BCUT2D eigenvalue weighted by Gasteiger charge is 2.36. The maximum atomic E-state index is 13.3. The molecule has 10 heteroatoms. The Kier molecular flexibility index (Phi) is 5.99. The number of aromatic nitrogens is 1. The highest BCUT2D eigenvalue weighted by Crippen LogP contribution is 2.44. The fourth-order valence-corrected chi connectivity index (χ4v) is 3.96. The summed E-state index contributed by atoms with van der Waals surface area (Å²) in [4.78, 5) is 27.3. The zero-order valence-corrected chi connectivity index (χ0v) is 18.2. The van der Waals surface area contributed by atoms with Crippen LogP contribution in [0, 0.1) is 0 Å². The molecular weight excluding hydrogens is 480 g/mol. The SMILES string of the molecule is C=CCc1cc(C(=O)NC2c3ccc(Cl)cc3Oc3cc(Cl)ccc32)c(=O)[nH]c1C(F)(F)F. The minimum absolute atomic E-state index is 0.189. The summed E-state index contributed by atoms with van der Waals surface area (Å²) in [5, 5.41) is 3.52. The van der Waals surface area contributed by atoms with Crippen molar-refractivity contribution in [3.8, 4) is 11.5 Å². The number of aromatic amines is 1. The molecule has 0 atom stereocenters. The summed E-state index contributed by atoms with van der Waals surface area (Å²) in [6, 6.07) is 9.81. The Labute approximate surface area is 195 Å². The highest BCUT2D eigenvalue weighted by molar-refractivity contribution is 6.31. The van der Waals surface area contributed by atoms with E-state index in [0.717, 1.165) is 6.07 Å². The van der Waals surface area contributed by atoms with Crippen LogP contribution in [-0.2, 0) is 12.6 Å². The number of pyridine rings is 1. The Hall–Kier alpha value is -3.23. The van der Waals surface area contributed by atoms with E-state index in [4.69, 9.17) is 27.9 Å². The molecule has 0 aliphatic carbocycles. The predicted octanol–water partition coefficient (Wildman–Crippen LogP) is 6.05. The number of benzene rings is 2. The summed E-state index contributed by atoms with van der Waals surface area (Å²) in [7, 11) is 0. The van der Waals surface area contributed by atoms with Crippen molar-refractivity contribution in [3.63, 3.8) is 0 Å². The topological polar surface area (TPSA) is 71.2 Å². The van der Waals surface area contributed by atoms with Crippen LogP contribution in [0.15, 0.2) is 59.9 Å².